The molecule has 2 aromatic rings. The van der Waals surface area contributed by atoms with E-state index in [9.17, 15) is 19.0 Å². The zero-order valence-electron chi connectivity index (χ0n) is 17.5. The lowest BCUT2D eigenvalue weighted by molar-refractivity contribution is -0.114. The Morgan fingerprint density at radius 1 is 1.06 bits per heavy atom. The van der Waals surface area contributed by atoms with Crippen LogP contribution in [0.3, 0.4) is 0 Å². The highest BCUT2D eigenvalue weighted by Crippen LogP contribution is 2.45. The molecule has 0 aromatic heterocycles. The van der Waals surface area contributed by atoms with Gasteiger partial charge in [0.2, 0.25) is 0 Å². The molecule has 170 valence electrons. The first kappa shape index (κ1) is 22.2. The van der Waals surface area contributed by atoms with Crippen LogP contribution in [0.15, 0.2) is 53.0 Å². The van der Waals surface area contributed by atoms with Gasteiger partial charge in [-0.3, -0.25) is 4.79 Å². The van der Waals surface area contributed by atoms with Crippen LogP contribution in [0.25, 0.3) is 5.57 Å². The molecule has 3 N–H and O–H groups in total. The zero-order chi connectivity index (χ0) is 23.7. The number of amides is 1. The maximum absolute atomic E-state index is 15.2. The topological polar surface area (TPSA) is 120 Å². The minimum atomic E-state index is -1.10. The van der Waals surface area contributed by atoms with Crippen molar-refractivity contribution in [2.24, 2.45) is 10.4 Å². The van der Waals surface area contributed by atoms with Crippen molar-refractivity contribution in [1.82, 2.24) is 5.32 Å². The van der Waals surface area contributed by atoms with Gasteiger partial charge >= 0.3 is 5.91 Å². The summed E-state index contributed by atoms with van der Waals surface area (Å²) in [4.78, 5) is 37.5. The molecular formula is C22H20F2N6O3. The molecular weight excluding hydrogens is 434 g/mol. The average molecular weight is 454 g/mol. The monoisotopic (exact) mass is 454 g/mol. The quantitative estimate of drug-likeness (QED) is 0.523. The zero-order valence-corrected chi connectivity index (χ0v) is 17.5. The molecule has 0 aliphatic carbocycles. The molecule has 4 rings (SSSR count). The number of fused-ring (bicyclic) bond motifs is 1. The highest BCUT2D eigenvalue weighted by molar-refractivity contribution is 6.13. The Morgan fingerprint density at radius 3 is 2.45 bits per heavy atom. The summed E-state index contributed by atoms with van der Waals surface area (Å²) < 4.78 is 29.3. The van der Waals surface area contributed by atoms with Crippen molar-refractivity contribution in [3.05, 3.63) is 75.2 Å². The van der Waals surface area contributed by atoms with Crippen molar-refractivity contribution in [3.63, 3.8) is 0 Å². The van der Waals surface area contributed by atoms with E-state index in [1.165, 1.54) is 23.2 Å². The first-order valence-electron chi connectivity index (χ1n) is 10.1. The lowest BCUT2D eigenvalue weighted by atomic mass is 9.92. The number of anilines is 4. The van der Waals surface area contributed by atoms with Gasteiger partial charge in [-0.25, -0.2) is 8.78 Å². The molecule has 0 radical (unpaired) electrons. The van der Waals surface area contributed by atoms with Gasteiger partial charge in [-0.15, -0.1) is 4.91 Å². The van der Waals surface area contributed by atoms with Gasteiger partial charge < -0.3 is 20.9 Å². The Bertz CT molecular complexity index is 1210. The average Bonchev–Trinajstić information content (AvgIpc) is 2.82. The van der Waals surface area contributed by atoms with Crippen LogP contribution in [0.5, 0.6) is 0 Å². The van der Waals surface area contributed by atoms with Crippen molar-refractivity contribution in [2.75, 3.05) is 41.7 Å². The van der Waals surface area contributed by atoms with E-state index in [2.05, 4.69) is 22.2 Å². The summed E-state index contributed by atoms with van der Waals surface area (Å²) in [6.45, 7) is 5.99. The first-order valence-corrected chi connectivity index (χ1v) is 10.1. The molecule has 11 heteroatoms. The summed E-state index contributed by atoms with van der Waals surface area (Å²) in [5, 5.41) is 8.51. The molecule has 0 saturated carbocycles. The van der Waals surface area contributed by atoms with Crippen LogP contribution >= 0.6 is 0 Å². The molecule has 0 bridgehead atoms. The van der Waals surface area contributed by atoms with Crippen LogP contribution in [0, 0.1) is 21.4 Å². The van der Waals surface area contributed by atoms with Crippen LogP contribution in [0.2, 0.25) is 0 Å². The molecule has 0 unspecified atom stereocenters. The van der Waals surface area contributed by atoms with Crippen LogP contribution in [-0.2, 0) is 11.3 Å². The molecule has 2 heterocycles. The third kappa shape index (κ3) is 3.98. The van der Waals surface area contributed by atoms with Crippen molar-refractivity contribution in [1.29, 1.82) is 0 Å². The summed E-state index contributed by atoms with van der Waals surface area (Å²) in [7, 11) is 0. The second-order valence-electron chi connectivity index (χ2n) is 7.64. The van der Waals surface area contributed by atoms with Crippen LogP contribution in [0.4, 0.5) is 31.5 Å². The number of carbonyl (C=O) groups excluding carboxylic acids is 1. The second-order valence-corrected chi connectivity index (χ2v) is 7.64. The van der Waals surface area contributed by atoms with Gasteiger partial charge in [-0.05, 0) is 29.8 Å². The number of piperazine rings is 1. The number of hydrogen-bond donors (Lipinski definition) is 2. The molecule has 9 nitrogen and oxygen atoms in total. The number of benzene rings is 2. The van der Waals surface area contributed by atoms with Crippen molar-refractivity contribution in [3.8, 4) is 0 Å². The van der Waals surface area contributed by atoms with Crippen LogP contribution < -0.4 is 20.9 Å². The van der Waals surface area contributed by atoms with E-state index in [0.717, 1.165) is 6.07 Å². The molecule has 0 spiro atoms. The predicted molar refractivity (Wildman–Crippen MR) is 122 cm³/mol. The van der Waals surface area contributed by atoms with Gasteiger partial charge in [-0.2, -0.15) is 4.91 Å². The summed E-state index contributed by atoms with van der Waals surface area (Å²) in [5.41, 5.74) is 6.93. The first-order chi connectivity index (χ1) is 15.8. The molecule has 1 fully saturated rings. The Balaban J connectivity index is 1.96. The van der Waals surface area contributed by atoms with E-state index >= 15 is 4.39 Å². The predicted octanol–water partition coefficient (Wildman–Crippen LogP) is 3.56. The number of halogens is 2. The minimum Gasteiger partial charge on any atom is -0.396 e. The van der Waals surface area contributed by atoms with Gasteiger partial charge in [-0.1, -0.05) is 11.8 Å². The fraction of sp³-hybridized carbons (Fsp3) is 0.227. The lowest BCUT2D eigenvalue weighted by Gasteiger charge is -2.34. The Hall–Kier alpha value is -3.99. The van der Waals surface area contributed by atoms with Gasteiger partial charge in [0, 0.05) is 48.7 Å². The Kier molecular flexibility index (Phi) is 5.97. The van der Waals surface area contributed by atoms with Crippen molar-refractivity contribution >= 4 is 34.2 Å². The fourth-order valence-electron chi connectivity index (χ4n) is 4.03. The van der Waals surface area contributed by atoms with Gasteiger partial charge in [0.25, 0.3) is 0 Å². The largest absolute Gasteiger partial charge is 0.396 e. The lowest BCUT2D eigenvalue weighted by Crippen LogP contribution is -2.44. The standard InChI is InChI=1S/C22H20F2N6O3/c1-12-14-7-17(24)21(29-4-2-26-3-5-29)9-20(14)30(11-15(12)22(31)28-33)19-8-18(25)16(23)6-13(19)10-27-32/h6-9,11,26H,1-5,10,25H2. The van der Waals surface area contributed by atoms with Gasteiger partial charge in [0.15, 0.2) is 0 Å². The molecule has 1 amide bonds. The highest BCUT2D eigenvalue weighted by atomic mass is 19.1. The van der Waals surface area contributed by atoms with E-state index < -0.39 is 17.5 Å². The Labute approximate surface area is 187 Å². The van der Waals surface area contributed by atoms with E-state index in [1.807, 2.05) is 4.90 Å². The second kappa shape index (κ2) is 8.87. The van der Waals surface area contributed by atoms with Crippen LogP contribution in [-0.4, -0.2) is 32.1 Å². The molecule has 1 saturated heterocycles. The van der Waals surface area contributed by atoms with E-state index in [1.54, 1.807) is 6.07 Å². The molecule has 33 heavy (non-hydrogen) atoms. The van der Waals surface area contributed by atoms with Crippen molar-refractivity contribution in [2.45, 2.75) is 6.54 Å². The summed E-state index contributed by atoms with van der Waals surface area (Å²) >= 11 is 0. The van der Waals surface area contributed by atoms with Crippen LogP contribution in [0.1, 0.15) is 11.1 Å². The number of carbonyl (C=O) groups is 1. The van der Waals surface area contributed by atoms with E-state index in [-0.39, 0.29) is 40.2 Å². The van der Waals surface area contributed by atoms with Gasteiger partial charge in [0.05, 0.1) is 28.3 Å². The maximum Gasteiger partial charge on any atom is 0.318 e. The normalized spacial score (nSPS) is 15.7. The minimum absolute atomic E-state index is 0.113. The molecule has 2 aliphatic heterocycles. The number of nitrogens with two attached hydrogens (primary N) is 1. The number of nitrogen functional groups attached to an aromatic ring is 1. The van der Waals surface area contributed by atoms with Crippen molar-refractivity contribution < 1.29 is 13.6 Å². The summed E-state index contributed by atoms with van der Waals surface area (Å²) in [5.74, 6) is -2.38. The number of rotatable bonds is 5. The summed E-state index contributed by atoms with van der Waals surface area (Å²) in [6.07, 6.45) is 1.30. The Morgan fingerprint density at radius 2 is 1.79 bits per heavy atom. The fourth-order valence-corrected chi connectivity index (χ4v) is 4.03. The number of nitrogens with one attached hydrogen (secondary N) is 1. The number of nitroso groups, excluding NO2 is 2. The molecule has 2 aromatic carbocycles. The molecule has 0 atom stereocenters. The van der Waals surface area contributed by atoms with E-state index in [4.69, 9.17) is 5.73 Å². The third-order valence-electron chi connectivity index (χ3n) is 5.70. The van der Waals surface area contributed by atoms with Gasteiger partial charge in [0.1, 0.15) is 18.2 Å². The maximum atomic E-state index is 15.2. The molecule has 2 aliphatic rings. The number of nitrogens with zero attached hydrogens (tertiary/aromatic N) is 4. The summed E-state index contributed by atoms with van der Waals surface area (Å²) in [6, 6.07) is 5.18. The number of hydrogen-bond acceptors (Lipinski definition) is 8. The SMILES string of the molecule is C=C1C(C(=O)N=O)=CN(c2cc(N)c(F)cc2CN=O)c2cc(N3CCNCC3)c(F)cc21. The third-order valence-corrected chi connectivity index (χ3v) is 5.70. The van der Waals surface area contributed by atoms with E-state index in [0.29, 0.717) is 37.6 Å². The smallest absolute Gasteiger partial charge is 0.318 e. The highest BCUT2D eigenvalue weighted by Gasteiger charge is 2.30.